The van der Waals surface area contributed by atoms with Crippen molar-refractivity contribution in [3.8, 4) is 0 Å². The maximum atomic E-state index is 5.19. The van der Waals surface area contributed by atoms with Crippen LogP contribution in [0, 0.1) is 0 Å². The number of ether oxygens (including phenoxy) is 2. The van der Waals surface area contributed by atoms with E-state index >= 15 is 0 Å². The molecule has 0 spiro atoms. The summed E-state index contributed by atoms with van der Waals surface area (Å²) in [6.45, 7) is 9.22. The fraction of sp³-hybridized carbons (Fsp3) is 0.786. The van der Waals surface area contributed by atoms with Crippen LogP contribution in [0.25, 0.3) is 0 Å². The number of aromatic nitrogens is 2. The maximum absolute atomic E-state index is 5.19. The summed E-state index contributed by atoms with van der Waals surface area (Å²) in [5.41, 5.74) is 2.36. The van der Waals surface area contributed by atoms with Crippen molar-refractivity contribution in [1.29, 1.82) is 0 Å². The molecular weight excluding hydrogens is 322 g/mol. The molecule has 0 aliphatic carbocycles. The largest absolute Gasteiger partial charge is 0.383 e. The van der Waals surface area contributed by atoms with Gasteiger partial charge >= 0.3 is 0 Å². The first-order valence-electron chi connectivity index (χ1n) is 7.12. The van der Waals surface area contributed by atoms with E-state index in [9.17, 15) is 0 Å². The number of hydrogen-bond acceptors (Lipinski definition) is 4. The van der Waals surface area contributed by atoms with E-state index in [-0.39, 0.29) is 0 Å². The minimum absolute atomic E-state index is 0.724. The van der Waals surface area contributed by atoms with Gasteiger partial charge in [-0.05, 0) is 29.3 Å². The van der Waals surface area contributed by atoms with E-state index < -0.39 is 0 Å². The number of rotatable bonds is 10. The van der Waals surface area contributed by atoms with E-state index in [0.29, 0.717) is 0 Å². The Labute approximate surface area is 130 Å². The van der Waals surface area contributed by atoms with Crippen LogP contribution in [0.1, 0.15) is 25.2 Å². The third-order valence-electron chi connectivity index (χ3n) is 3.29. The Bertz CT molecular complexity index is 388. The quantitative estimate of drug-likeness (QED) is 0.651. The Morgan fingerprint density at radius 3 is 2.20 bits per heavy atom. The van der Waals surface area contributed by atoms with Gasteiger partial charge in [0.1, 0.15) is 0 Å². The van der Waals surface area contributed by atoms with Gasteiger partial charge in [-0.2, -0.15) is 5.10 Å². The Morgan fingerprint density at radius 1 is 1.15 bits per heavy atom. The van der Waals surface area contributed by atoms with E-state index in [1.54, 1.807) is 14.2 Å². The van der Waals surface area contributed by atoms with E-state index in [1.165, 1.54) is 5.69 Å². The van der Waals surface area contributed by atoms with Crippen LogP contribution in [0.5, 0.6) is 0 Å². The van der Waals surface area contributed by atoms with Crippen molar-refractivity contribution in [3.05, 3.63) is 15.9 Å². The highest BCUT2D eigenvalue weighted by atomic mass is 79.9. The summed E-state index contributed by atoms with van der Waals surface area (Å²) in [7, 11) is 3.46. The lowest BCUT2D eigenvalue weighted by Gasteiger charge is -2.22. The van der Waals surface area contributed by atoms with Crippen LogP contribution >= 0.6 is 15.9 Å². The summed E-state index contributed by atoms with van der Waals surface area (Å²) in [5.74, 6) is 0. The average Bonchev–Trinajstić information content (AvgIpc) is 2.77. The SMILES string of the molecule is CCc1nn(CC)c(CN(CCOC)CCOC)c1Br. The maximum Gasteiger partial charge on any atom is 0.0767 e. The second-order valence-corrected chi connectivity index (χ2v) is 5.43. The molecule has 0 bridgehead atoms. The molecular formula is C14H26BrN3O2. The van der Waals surface area contributed by atoms with Crippen LogP contribution in [0.3, 0.4) is 0 Å². The highest BCUT2D eigenvalue weighted by molar-refractivity contribution is 9.10. The number of hydrogen-bond donors (Lipinski definition) is 0. The standard InChI is InChI=1S/C14H26BrN3O2/c1-5-12-14(15)13(18(6-2)16-12)11-17(7-9-19-3)8-10-20-4/h5-11H2,1-4H3. The molecule has 0 unspecified atom stereocenters. The Balaban J connectivity index is 2.82. The first kappa shape index (κ1) is 17.6. The molecule has 0 aromatic carbocycles. The first-order valence-corrected chi connectivity index (χ1v) is 7.91. The smallest absolute Gasteiger partial charge is 0.0767 e. The topological polar surface area (TPSA) is 39.5 Å². The molecule has 1 heterocycles. The van der Waals surface area contributed by atoms with Gasteiger partial charge in [-0.1, -0.05) is 6.92 Å². The van der Waals surface area contributed by atoms with E-state index in [1.807, 2.05) is 0 Å². The highest BCUT2D eigenvalue weighted by Crippen LogP contribution is 2.23. The molecule has 5 nitrogen and oxygen atoms in total. The molecule has 0 fully saturated rings. The Hall–Kier alpha value is -0.430. The second-order valence-electron chi connectivity index (χ2n) is 4.64. The fourth-order valence-electron chi connectivity index (χ4n) is 2.09. The molecule has 0 saturated carbocycles. The lowest BCUT2D eigenvalue weighted by Crippen LogP contribution is -2.31. The predicted octanol–water partition coefficient (Wildman–Crippen LogP) is 2.32. The zero-order valence-electron chi connectivity index (χ0n) is 13.0. The van der Waals surface area contributed by atoms with Gasteiger partial charge in [0, 0.05) is 40.4 Å². The zero-order valence-corrected chi connectivity index (χ0v) is 14.6. The first-order chi connectivity index (χ1) is 9.67. The van der Waals surface area contributed by atoms with E-state index in [2.05, 4.69) is 44.5 Å². The van der Waals surface area contributed by atoms with Gasteiger partial charge in [-0.15, -0.1) is 0 Å². The average molecular weight is 348 g/mol. The van der Waals surface area contributed by atoms with Gasteiger partial charge < -0.3 is 9.47 Å². The molecule has 0 atom stereocenters. The van der Waals surface area contributed by atoms with Gasteiger partial charge in [0.05, 0.1) is 29.1 Å². The van der Waals surface area contributed by atoms with Crippen LogP contribution in [0.4, 0.5) is 0 Å². The normalized spacial score (nSPS) is 11.5. The van der Waals surface area contributed by atoms with Crippen molar-refractivity contribution in [2.75, 3.05) is 40.5 Å². The van der Waals surface area contributed by atoms with Crippen molar-refractivity contribution in [3.63, 3.8) is 0 Å². The molecule has 116 valence electrons. The fourth-order valence-corrected chi connectivity index (χ4v) is 2.78. The van der Waals surface area contributed by atoms with Crippen LogP contribution in [-0.2, 0) is 29.0 Å². The predicted molar refractivity (Wildman–Crippen MR) is 84.0 cm³/mol. The summed E-state index contributed by atoms with van der Waals surface area (Å²) >= 11 is 3.70. The third-order valence-corrected chi connectivity index (χ3v) is 4.21. The van der Waals surface area contributed by atoms with Crippen molar-refractivity contribution in [2.45, 2.75) is 33.4 Å². The van der Waals surface area contributed by atoms with Gasteiger partial charge in [0.25, 0.3) is 0 Å². The molecule has 1 aromatic heterocycles. The molecule has 0 amide bonds. The third kappa shape index (κ3) is 4.84. The summed E-state index contributed by atoms with van der Waals surface area (Å²) in [5, 5.41) is 4.64. The van der Waals surface area contributed by atoms with Crippen molar-refractivity contribution < 1.29 is 9.47 Å². The van der Waals surface area contributed by atoms with Crippen LogP contribution < -0.4 is 0 Å². The molecule has 0 saturated heterocycles. The molecule has 0 N–H and O–H groups in total. The molecule has 0 aliphatic heterocycles. The number of methoxy groups -OCH3 is 2. The van der Waals surface area contributed by atoms with Crippen molar-refractivity contribution >= 4 is 15.9 Å². The number of aryl methyl sites for hydroxylation is 2. The van der Waals surface area contributed by atoms with Crippen LogP contribution in [0.2, 0.25) is 0 Å². The Kier molecular flexibility index (Phi) is 8.37. The number of nitrogens with zero attached hydrogens (tertiary/aromatic N) is 3. The van der Waals surface area contributed by atoms with E-state index in [4.69, 9.17) is 9.47 Å². The zero-order chi connectivity index (χ0) is 15.0. The molecule has 1 rings (SSSR count). The van der Waals surface area contributed by atoms with Crippen LogP contribution in [-0.4, -0.2) is 55.2 Å². The van der Waals surface area contributed by atoms with Crippen molar-refractivity contribution in [1.82, 2.24) is 14.7 Å². The minimum atomic E-state index is 0.724. The van der Waals surface area contributed by atoms with Crippen molar-refractivity contribution in [2.24, 2.45) is 0 Å². The number of halogens is 1. The monoisotopic (exact) mass is 347 g/mol. The molecule has 20 heavy (non-hydrogen) atoms. The molecule has 6 heteroatoms. The second kappa shape index (κ2) is 9.50. The van der Waals surface area contributed by atoms with Gasteiger partial charge in [0.15, 0.2) is 0 Å². The molecule has 1 aromatic rings. The van der Waals surface area contributed by atoms with E-state index in [0.717, 1.165) is 56.0 Å². The summed E-state index contributed by atoms with van der Waals surface area (Å²) in [4.78, 5) is 2.33. The summed E-state index contributed by atoms with van der Waals surface area (Å²) in [6.07, 6.45) is 0.941. The Morgan fingerprint density at radius 2 is 1.75 bits per heavy atom. The molecule has 0 aliphatic rings. The van der Waals surface area contributed by atoms with Gasteiger partial charge in [0.2, 0.25) is 0 Å². The van der Waals surface area contributed by atoms with Gasteiger partial charge in [-0.25, -0.2) is 0 Å². The lowest BCUT2D eigenvalue weighted by atomic mass is 10.3. The molecule has 0 radical (unpaired) electrons. The summed E-state index contributed by atoms with van der Waals surface area (Å²) < 4.78 is 13.6. The van der Waals surface area contributed by atoms with Gasteiger partial charge in [-0.3, -0.25) is 9.58 Å². The lowest BCUT2D eigenvalue weighted by molar-refractivity contribution is 0.108. The highest BCUT2D eigenvalue weighted by Gasteiger charge is 2.16. The summed E-state index contributed by atoms with van der Waals surface area (Å²) in [6, 6.07) is 0. The minimum Gasteiger partial charge on any atom is -0.383 e. The van der Waals surface area contributed by atoms with Crippen LogP contribution in [0.15, 0.2) is 4.47 Å².